The molecule has 0 spiro atoms. The van der Waals surface area contributed by atoms with Gasteiger partial charge in [-0.1, -0.05) is 17.7 Å². The van der Waals surface area contributed by atoms with Gasteiger partial charge in [0.2, 0.25) is 10.0 Å². The molecule has 0 aliphatic rings. The fraction of sp³-hybridized carbons (Fsp3) is 0.400. The molecule has 0 fully saturated rings. The first-order valence-corrected chi connectivity index (χ1v) is 9.22. The van der Waals surface area contributed by atoms with Crippen LogP contribution in [-0.2, 0) is 19.9 Å². The number of nitrogens with one attached hydrogen (secondary N) is 1. The van der Waals surface area contributed by atoms with Crippen molar-refractivity contribution in [3.8, 4) is 0 Å². The average Bonchev–Trinajstić information content (AvgIpc) is 2.11. The molecule has 9 heteroatoms. The molecule has 0 saturated carbocycles. The maximum absolute atomic E-state index is 13.6. The number of hydrogen-bond donors (Lipinski definition) is 1. The van der Waals surface area contributed by atoms with Crippen molar-refractivity contribution in [2.45, 2.75) is 13.0 Å². The molecule has 0 aliphatic carbocycles. The highest BCUT2D eigenvalue weighted by Gasteiger charge is 2.23. The van der Waals surface area contributed by atoms with Gasteiger partial charge in [-0.15, -0.1) is 0 Å². The van der Waals surface area contributed by atoms with E-state index < -0.39 is 36.8 Å². The molecule has 5 nitrogen and oxygen atoms in total. The van der Waals surface area contributed by atoms with Crippen LogP contribution in [0.25, 0.3) is 0 Å². The number of sulfonamides is 1. The highest BCUT2D eigenvalue weighted by atomic mass is 35.5. The Morgan fingerprint density at radius 1 is 1.32 bits per heavy atom. The van der Waals surface area contributed by atoms with E-state index in [1.54, 1.807) is 0 Å². The topological polar surface area (TPSA) is 80.3 Å². The second-order valence-corrected chi connectivity index (χ2v) is 8.80. The van der Waals surface area contributed by atoms with Crippen molar-refractivity contribution in [2.75, 3.05) is 11.3 Å². The number of sulfone groups is 1. The highest BCUT2D eigenvalue weighted by molar-refractivity contribution is 8.06. The van der Waals surface area contributed by atoms with Gasteiger partial charge in [0.05, 0.1) is 0 Å². The van der Waals surface area contributed by atoms with Gasteiger partial charge in [-0.25, -0.2) is 25.9 Å². The van der Waals surface area contributed by atoms with Crippen LogP contribution in [0.3, 0.4) is 0 Å². The molecule has 1 aromatic rings. The zero-order valence-electron chi connectivity index (χ0n) is 10.2. The molecule has 19 heavy (non-hydrogen) atoms. The minimum atomic E-state index is -4.08. The summed E-state index contributed by atoms with van der Waals surface area (Å²) in [5.41, 5.74) is -0.0266. The van der Waals surface area contributed by atoms with Crippen LogP contribution in [0.1, 0.15) is 18.5 Å². The number of benzene rings is 1. The van der Waals surface area contributed by atoms with Gasteiger partial charge in [-0.2, -0.15) is 0 Å². The van der Waals surface area contributed by atoms with Crippen LogP contribution < -0.4 is 4.72 Å². The molecule has 0 amide bonds. The summed E-state index contributed by atoms with van der Waals surface area (Å²) in [4.78, 5) is 0. The van der Waals surface area contributed by atoms with Crippen molar-refractivity contribution in [1.29, 1.82) is 0 Å². The van der Waals surface area contributed by atoms with Gasteiger partial charge in [0.25, 0.3) is 0 Å². The molecule has 0 saturated heterocycles. The monoisotopic (exact) mass is 329 g/mol. The SMILES string of the molecule is CC(NS(=O)(=O)CS(C)(=O)=O)c1c(F)cccc1Cl. The van der Waals surface area contributed by atoms with Crippen LogP contribution in [0.2, 0.25) is 5.02 Å². The number of hydrogen-bond acceptors (Lipinski definition) is 4. The third kappa shape index (κ3) is 5.06. The summed E-state index contributed by atoms with van der Waals surface area (Å²) in [5, 5.41) is -0.995. The zero-order chi connectivity index (χ0) is 14.8. The van der Waals surface area contributed by atoms with E-state index >= 15 is 0 Å². The summed E-state index contributed by atoms with van der Waals surface area (Å²) < 4.78 is 60.8. The second-order valence-electron chi connectivity index (χ2n) is 4.13. The highest BCUT2D eigenvalue weighted by Crippen LogP contribution is 2.26. The van der Waals surface area contributed by atoms with Crippen molar-refractivity contribution in [2.24, 2.45) is 0 Å². The molecule has 108 valence electrons. The summed E-state index contributed by atoms with van der Waals surface area (Å²) in [7, 11) is -7.79. The molecule has 0 aromatic heterocycles. The minimum Gasteiger partial charge on any atom is -0.228 e. The third-order valence-corrected chi connectivity index (χ3v) is 6.15. The molecule has 1 atom stereocenters. The Morgan fingerprint density at radius 2 is 1.89 bits per heavy atom. The first-order valence-electron chi connectivity index (χ1n) is 5.13. The van der Waals surface area contributed by atoms with Gasteiger partial charge in [0.15, 0.2) is 14.9 Å². The van der Waals surface area contributed by atoms with E-state index in [1.807, 2.05) is 0 Å². The van der Waals surface area contributed by atoms with Crippen LogP contribution in [0.15, 0.2) is 18.2 Å². The van der Waals surface area contributed by atoms with Crippen molar-refractivity contribution in [1.82, 2.24) is 4.72 Å². The number of rotatable bonds is 5. The lowest BCUT2D eigenvalue weighted by Gasteiger charge is -2.16. The fourth-order valence-corrected chi connectivity index (χ4v) is 5.08. The Hall–Kier alpha value is -0.700. The molecule has 1 rings (SSSR count). The second kappa shape index (κ2) is 5.74. The summed E-state index contributed by atoms with van der Waals surface area (Å²) in [6.45, 7) is 1.38. The predicted octanol–water partition coefficient (Wildman–Crippen LogP) is 1.46. The van der Waals surface area contributed by atoms with Gasteiger partial charge in [-0.05, 0) is 19.1 Å². The molecular formula is C10H13ClFNO4S2. The molecule has 1 N–H and O–H groups in total. The maximum atomic E-state index is 13.6. The first kappa shape index (κ1) is 16.4. The van der Waals surface area contributed by atoms with E-state index in [4.69, 9.17) is 11.6 Å². The normalized spacial score (nSPS) is 14.3. The summed E-state index contributed by atoms with van der Waals surface area (Å²) in [6, 6.07) is 2.98. The Labute approximate surface area is 116 Å². The lowest BCUT2D eigenvalue weighted by molar-refractivity contribution is 0.552. The van der Waals surface area contributed by atoms with Crippen LogP contribution in [0, 0.1) is 5.82 Å². The van der Waals surface area contributed by atoms with Crippen molar-refractivity contribution < 1.29 is 21.2 Å². The smallest absolute Gasteiger partial charge is 0.226 e. The van der Waals surface area contributed by atoms with E-state index in [-0.39, 0.29) is 10.6 Å². The van der Waals surface area contributed by atoms with Gasteiger partial charge in [0.1, 0.15) is 5.82 Å². The Morgan fingerprint density at radius 3 is 2.37 bits per heavy atom. The van der Waals surface area contributed by atoms with E-state index in [9.17, 15) is 21.2 Å². The molecular weight excluding hydrogens is 317 g/mol. The third-order valence-electron chi connectivity index (χ3n) is 2.16. The van der Waals surface area contributed by atoms with Crippen LogP contribution in [-0.4, -0.2) is 28.2 Å². The number of halogens is 2. The standard InChI is InChI=1S/C10H13ClFNO4S2/c1-7(10-8(11)4-3-5-9(10)12)13-19(16,17)6-18(2,14)15/h3-5,7,13H,6H2,1-2H3. The quantitative estimate of drug-likeness (QED) is 0.887. The summed E-state index contributed by atoms with van der Waals surface area (Å²) >= 11 is 5.79. The maximum Gasteiger partial charge on any atom is 0.226 e. The van der Waals surface area contributed by atoms with Gasteiger partial charge in [-0.3, -0.25) is 0 Å². The average molecular weight is 330 g/mol. The summed E-state index contributed by atoms with van der Waals surface area (Å²) in [6.07, 6.45) is 0.799. The van der Waals surface area contributed by atoms with Crippen molar-refractivity contribution in [3.05, 3.63) is 34.6 Å². The van der Waals surface area contributed by atoms with Crippen LogP contribution >= 0.6 is 11.6 Å². The van der Waals surface area contributed by atoms with Crippen LogP contribution in [0.4, 0.5) is 4.39 Å². The first-order chi connectivity index (χ1) is 8.52. The van der Waals surface area contributed by atoms with E-state index in [0.717, 1.165) is 12.3 Å². The fourth-order valence-electron chi connectivity index (χ4n) is 1.57. The molecule has 0 aliphatic heterocycles. The van der Waals surface area contributed by atoms with Crippen molar-refractivity contribution >= 4 is 31.5 Å². The van der Waals surface area contributed by atoms with Gasteiger partial charge < -0.3 is 0 Å². The molecule has 0 heterocycles. The largest absolute Gasteiger partial charge is 0.228 e. The summed E-state index contributed by atoms with van der Waals surface area (Å²) in [5.74, 6) is -0.665. The zero-order valence-corrected chi connectivity index (χ0v) is 12.6. The molecule has 0 bridgehead atoms. The van der Waals surface area contributed by atoms with Crippen LogP contribution in [0.5, 0.6) is 0 Å². The molecule has 1 unspecified atom stereocenters. The Balaban J connectivity index is 3.01. The van der Waals surface area contributed by atoms with E-state index in [2.05, 4.69) is 4.72 Å². The Bertz CT molecular complexity index is 653. The predicted molar refractivity (Wildman–Crippen MR) is 71.6 cm³/mol. The van der Waals surface area contributed by atoms with E-state index in [0.29, 0.717) is 0 Å². The van der Waals surface area contributed by atoms with Gasteiger partial charge in [0, 0.05) is 22.9 Å². The van der Waals surface area contributed by atoms with E-state index in [1.165, 1.54) is 19.1 Å². The lowest BCUT2D eigenvalue weighted by atomic mass is 10.1. The molecule has 0 radical (unpaired) electrons. The Kier molecular flexibility index (Phi) is 4.94. The van der Waals surface area contributed by atoms with Crippen molar-refractivity contribution in [3.63, 3.8) is 0 Å². The minimum absolute atomic E-state index is 0.0266. The lowest BCUT2D eigenvalue weighted by Crippen LogP contribution is -2.32. The van der Waals surface area contributed by atoms with Gasteiger partial charge >= 0.3 is 0 Å². The molecule has 1 aromatic carbocycles.